The maximum absolute atomic E-state index is 5.71. The highest BCUT2D eigenvalue weighted by molar-refractivity contribution is 5.46. The molecule has 2 saturated heterocycles. The Bertz CT molecular complexity index is 600. The maximum Gasteiger partial charge on any atom is 0.165 e. The second kappa shape index (κ2) is 8.18. The van der Waals surface area contributed by atoms with Crippen LogP contribution in [0, 0.1) is 5.92 Å². The lowest BCUT2D eigenvalue weighted by molar-refractivity contribution is -0.00416. The number of nitrogens with zero attached hydrogens (tertiary/aromatic N) is 2. The molecule has 4 nitrogen and oxygen atoms in total. The molecule has 2 atom stereocenters. The number of methoxy groups -OCH3 is 2. The molecule has 4 rings (SSSR count). The number of ether oxygens (including phenoxy) is 2. The van der Waals surface area contributed by atoms with Crippen LogP contribution in [0.3, 0.4) is 0 Å². The average Bonchev–Trinajstić information content (AvgIpc) is 3.17. The molecule has 0 bridgehead atoms. The van der Waals surface area contributed by atoms with Crippen molar-refractivity contribution in [3.63, 3.8) is 0 Å². The van der Waals surface area contributed by atoms with E-state index >= 15 is 0 Å². The summed E-state index contributed by atoms with van der Waals surface area (Å²) in [7, 11) is 3.48. The van der Waals surface area contributed by atoms with Gasteiger partial charge in [0, 0.05) is 37.3 Å². The van der Waals surface area contributed by atoms with E-state index in [2.05, 4.69) is 21.9 Å². The van der Waals surface area contributed by atoms with Crippen molar-refractivity contribution < 1.29 is 9.47 Å². The first-order chi connectivity index (χ1) is 12.8. The Morgan fingerprint density at radius 1 is 0.923 bits per heavy atom. The van der Waals surface area contributed by atoms with Crippen LogP contribution in [0.25, 0.3) is 0 Å². The zero-order chi connectivity index (χ0) is 17.9. The van der Waals surface area contributed by atoms with Crippen molar-refractivity contribution in [2.75, 3.05) is 33.9 Å². The van der Waals surface area contributed by atoms with Crippen molar-refractivity contribution in [3.05, 3.63) is 23.8 Å². The van der Waals surface area contributed by atoms with Gasteiger partial charge in [0.1, 0.15) is 0 Å². The molecule has 1 aromatic carbocycles. The number of fused-ring (bicyclic) bond motifs is 1. The summed E-state index contributed by atoms with van der Waals surface area (Å²) in [6.45, 7) is 4.69. The van der Waals surface area contributed by atoms with Gasteiger partial charge >= 0.3 is 0 Å². The Morgan fingerprint density at radius 3 is 2.54 bits per heavy atom. The molecule has 26 heavy (non-hydrogen) atoms. The van der Waals surface area contributed by atoms with Crippen LogP contribution in [0.4, 0.5) is 0 Å². The highest BCUT2D eigenvalue weighted by Gasteiger charge is 2.43. The van der Waals surface area contributed by atoms with Crippen LogP contribution in [0.1, 0.15) is 50.5 Å². The third kappa shape index (κ3) is 3.46. The zero-order valence-electron chi connectivity index (χ0n) is 16.5. The van der Waals surface area contributed by atoms with Crippen LogP contribution in [0.5, 0.6) is 11.5 Å². The summed E-state index contributed by atoms with van der Waals surface area (Å²) in [5, 5.41) is 0. The lowest BCUT2D eigenvalue weighted by atomic mass is 9.78. The predicted octanol–water partition coefficient (Wildman–Crippen LogP) is 3.93. The van der Waals surface area contributed by atoms with E-state index < -0.39 is 0 Å². The molecule has 2 aliphatic heterocycles. The van der Waals surface area contributed by atoms with Crippen LogP contribution in [0.15, 0.2) is 18.2 Å². The molecular weight excluding hydrogens is 324 g/mol. The topological polar surface area (TPSA) is 24.9 Å². The minimum absolute atomic E-state index is 0.711. The maximum atomic E-state index is 5.71. The summed E-state index contributed by atoms with van der Waals surface area (Å²) >= 11 is 0. The summed E-state index contributed by atoms with van der Waals surface area (Å²) < 4.78 is 11.2. The van der Waals surface area contributed by atoms with E-state index in [4.69, 9.17) is 9.47 Å². The summed E-state index contributed by atoms with van der Waals surface area (Å²) in [6, 6.07) is 7.78. The van der Waals surface area contributed by atoms with Crippen LogP contribution in [-0.4, -0.2) is 55.7 Å². The van der Waals surface area contributed by atoms with Crippen molar-refractivity contribution in [2.45, 2.75) is 63.6 Å². The highest BCUT2D eigenvalue weighted by atomic mass is 16.5. The van der Waals surface area contributed by atoms with E-state index in [1.807, 2.05) is 6.07 Å². The van der Waals surface area contributed by atoms with Gasteiger partial charge in [-0.15, -0.1) is 0 Å². The van der Waals surface area contributed by atoms with Crippen molar-refractivity contribution >= 4 is 0 Å². The second-order valence-electron chi connectivity index (χ2n) is 8.26. The third-order valence-electron chi connectivity index (χ3n) is 6.90. The normalized spacial score (nSPS) is 28.1. The van der Waals surface area contributed by atoms with Gasteiger partial charge in [-0.2, -0.15) is 0 Å². The molecule has 144 valence electrons. The minimum atomic E-state index is 0.711. The lowest BCUT2D eigenvalue weighted by Gasteiger charge is -2.49. The smallest absolute Gasteiger partial charge is 0.165 e. The second-order valence-corrected chi connectivity index (χ2v) is 8.26. The lowest BCUT2D eigenvalue weighted by Crippen LogP contribution is -2.59. The summed E-state index contributed by atoms with van der Waals surface area (Å²) in [5.41, 5.74) is 1.26. The van der Waals surface area contributed by atoms with Gasteiger partial charge in [0.05, 0.1) is 14.2 Å². The molecule has 0 amide bonds. The van der Waals surface area contributed by atoms with Gasteiger partial charge in [0.25, 0.3) is 0 Å². The fourth-order valence-corrected chi connectivity index (χ4v) is 5.74. The highest BCUT2D eigenvalue weighted by Crippen LogP contribution is 2.39. The van der Waals surface area contributed by atoms with Gasteiger partial charge in [0.2, 0.25) is 0 Å². The van der Waals surface area contributed by atoms with Crippen LogP contribution in [-0.2, 0) is 6.54 Å². The number of hydrogen-bond acceptors (Lipinski definition) is 4. The summed E-state index contributed by atoms with van der Waals surface area (Å²) in [6.07, 6.45) is 9.87. The summed E-state index contributed by atoms with van der Waals surface area (Å²) in [5.74, 6) is 2.62. The van der Waals surface area contributed by atoms with Crippen molar-refractivity contribution in [1.82, 2.24) is 9.80 Å². The first-order valence-electron chi connectivity index (χ1n) is 10.5. The molecule has 1 saturated carbocycles. The van der Waals surface area contributed by atoms with E-state index in [0.717, 1.165) is 30.0 Å². The summed E-state index contributed by atoms with van der Waals surface area (Å²) in [4.78, 5) is 5.55. The fraction of sp³-hybridized carbons (Fsp3) is 0.727. The van der Waals surface area contributed by atoms with E-state index in [1.54, 1.807) is 14.2 Å². The minimum Gasteiger partial charge on any atom is -0.493 e. The molecule has 0 N–H and O–H groups in total. The molecule has 3 aliphatic rings. The van der Waals surface area contributed by atoms with E-state index in [-0.39, 0.29) is 0 Å². The van der Waals surface area contributed by atoms with Crippen molar-refractivity contribution in [1.29, 1.82) is 0 Å². The number of rotatable bonds is 5. The van der Waals surface area contributed by atoms with E-state index in [9.17, 15) is 0 Å². The predicted molar refractivity (Wildman–Crippen MR) is 105 cm³/mol. The third-order valence-corrected chi connectivity index (χ3v) is 6.90. The number of piperazine rings is 1. The molecular formula is C22H34N2O2. The van der Waals surface area contributed by atoms with Gasteiger partial charge in [-0.05, 0) is 44.2 Å². The Balaban J connectivity index is 1.59. The number of hydrogen-bond donors (Lipinski definition) is 0. The largest absolute Gasteiger partial charge is 0.493 e. The van der Waals surface area contributed by atoms with Crippen molar-refractivity contribution in [3.8, 4) is 11.5 Å². The molecule has 2 heterocycles. The molecule has 1 aliphatic carbocycles. The molecule has 0 spiro atoms. The number of para-hydroxylation sites is 1. The monoisotopic (exact) mass is 358 g/mol. The molecule has 3 fully saturated rings. The quantitative estimate of drug-likeness (QED) is 0.796. The molecule has 0 aromatic heterocycles. The van der Waals surface area contributed by atoms with Crippen LogP contribution < -0.4 is 9.47 Å². The number of benzene rings is 1. The first-order valence-corrected chi connectivity index (χ1v) is 10.5. The molecule has 1 aromatic rings. The Kier molecular flexibility index (Phi) is 5.70. The SMILES string of the molecule is COc1cccc(CN2CCN3CCC[C@H]3[C@@H]2C2CCCCC2)c1OC. The molecule has 0 radical (unpaired) electrons. The van der Waals surface area contributed by atoms with Gasteiger partial charge in [-0.3, -0.25) is 9.80 Å². The Hall–Kier alpha value is -1.26. The van der Waals surface area contributed by atoms with Gasteiger partial charge in [-0.1, -0.05) is 31.4 Å². The zero-order valence-corrected chi connectivity index (χ0v) is 16.5. The van der Waals surface area contributed by atoms with E-state index in [1.165, 1.54) is 70.1 Å². The van der Waals surface area contributed by atoms with Gasteiger partial charge < -0.3 is 9.47 Å². The van der Waals surface area contributed by atoms with Crippen LogP contribution >= 0.6 is 0 Å². The Morgan fingerprint density at radius 2 is 1.77 bits per heavy atom. The van der Waals surface area contributed by atoms with Crippen molar-refractivity contribution in [2.24, 2.45) is 5.92 Å². The standard InChI is InChI=1S/C22H34N2O2/c1-25-20-12-6-10-18(22(20)26-2)16-24-15-14-23-13-7-11-19(23)21(24)17-8-4-3-5-9-17/h6,10,12,17,19,21H,3-5,7-9,11,13-16H2,1-2H3/t19-,21-/m0/s1. The Labute approximate surface area is 158 Å². The van der Waals surface area contributed by atoms with Gasteiger partial charge in [0.15, 0.2) is 11.5 Å². The fourth-order valence-electron chi connectivity index (χ4n) is 5.74. The van der Waals surface area contributed by atoms with Crippen LogP contribution in [0.2, 0.25) is 0 Å². The van der Waals surface area contributed by atoms with E-state index in [0.29, 0.717) is 6.04 Å². The molecule has 4 heteroatoms. The first kappa shape index (κ1) is 18.1. The average molecular weight is 359 g/mol. The van der Waals surface area contributed by atoms with Gasteiger partial charge in [-0.25, -0.2) is 0 Å². The molecule has 0 unspecified atom stereocenters.